The predicted molar refractivity (Wildman–Crippen MR) is 88.2 cm³/mol. The number of anilines is 1. The Hall–Kier alpha value is -2.67. The summed E-state index contributed by atoms with van der Waals surface area (Å²) in [4.78, 5) is 32.1. The predicted octanol–water partition coefficient (Wildman–Crippen LogP) is 2.71. The van der Waals surface area contributed by atoms with Gasteiger partial charge in [0.05, 0.1) is 12.3 Å². The molecule has 0 saturated heterocycles. The third kappa shape index (κ3) is 4.42. The van der Waals surface area contributed by atoms with Crippen LogP contribution in [0, 0.1) is 0 Å². The van der Waals surface area contributed by atoms with Crippen molar-refractivity contribution in [3.05, 3.63) is 47.5 Å². The number of esters is 1. The van der Waals surface area contributed by atoms with Crippen LogP contribution in [0.25, 0.3) is 0 Å². The molecule has 126 valence electrons. The highest BCUT2D eigenvalue weighted by atomic mass is 35.5. The lowest BCUT2D eigenvalue weighted by atomic mass is 10.3. The molecule has 8 heteroatoms. The molecule has 0 unspecified atom stereocenters. The van der Waals surface area contributed by atoms with Crippen LogP contribution in [-0.4, -0.2) is 34.6 Å². The summed E-state index contributed by atoms with van der Waals surface area (Å²) < 4.78 is 10.5. The first-order valence-electron chi connectivity index (χ1n) is 7.23. The summed E-state index contributed by atoms with van der Waals surface area (Å²) in [7, 11) is 0. The summed E-state index contributed by atoms with van der Waals surface area (Å²) in [6.07, 6.45) is 1.89. The van der Waals surface area contributed by atoms with Crippen molar-refractivity contribution in [1.29, 1.82) is 0 Å². The summed E-state index contributed by atoms with van der Waals surface area (Å²) in [6.45, 7) is 3.61. The number of amides is 1. The summed E-state index contributed by atoms with van der Waals surface area (Å²) in [5.41, 5.74) is 0.346. The molecule has 0 saturated carbocycles. The van der Waals surface area contributed by atoms with Gasteiger partial charge in [-0.1, -0.05) is 11.6 Å². The van der Waals surface area contributed by atoms with Gasteiger partial charge in [0.2, 0.25) is 0 Å². The van der Waals surface area contributed by atoms with E-state index in [2.05, 4.69) is 15.3 Å². The fraction of sp³-hybridized carbons (Fsp3) is 0.250. The van der Waals surface area contributed by atoms with Gasteiger partial charge in [0.1, 0.15) is 0 Å². The molecule has 1 atom stereocenters. The largest absolute Gasteiger partial charge is 0.491 e. The zero-order valence-electron chi connectivity index (χ0n) is 13.2. The second-order valence-electron chi connectivity index (χ2n) is 4.66. The Balaban J connectivity index is 2.03. The Morgan fingerprint density at radius 1 is 1.25 bits per heavy atom. The van der Waals surface area contributed by atoms with Crippen molar-refractivity contribution in [2.24, 2.45) is 0 Å². The average Bonchev–Trinajstić information content (AvgIpc) is 2.57. The van der Waals surface area contributed by atoms with Crippen LogP contribution in [0.1, 0.15) is 24.3 Å². The van der Waals surface area contributed by atoms with Crippen molar-refractivity contribution >= 4 is 29.2 Å². The Bertz CT molecular complexity index is 739. The molecule has 2 aromatic heterocycles. The summed E-state index contributed by atoms with van der Waals surface area (Å²) in [6, 6.07) is 6.46. The van der Waals surface area contributed by atoms with Gasteiger partial charge in [-0.05, 0) is 38.1 Å². The zero-order valence-corrected chi connectivity index (χ0v) is 13.9. The third-order valence-electron chi connectivity index (χ3n) is 2.93. The number of ether oxygens (including phenoxy) is 2. The van der Waals surface area contributed by atoms with E-state index in [9.17, 15) is 9.59 Å². The molecule has 0 spiro atoms. The summed E-state index contributed by atoms with van der Waals surface area (Å²) in [5.74, 6) is -0.987. The van der Waals surface area contributed by atoms with E-state index in [1.54, 1.807) is 31.2 Å². The van der Waals surface area contributed by atoms with E-state index in [0.717, 1.165) is 0 Å². The second-order valence-corrected chi connectivity index (χ2v) is 5.02. The number of rotatable bonds is 6. The van der Waals surface area contributed by atoms with Gasteiger partial charge in [0, 0.05) is 12.4 Å². The van der Waals surface area contributed by atoms with Gasteiger partial charge >= 0.3 is 5.97 Å². The van der Waals surface area contributed by atoms with Crippen molar-refractivity contribution in [3.8, 4) is 5.75 Å². The van der Waals surface area contributed by atoms with Gasteiger partial charge in [-0.3, -0.25) is 4.79 Å². The standard InChI is InChI=1S/C16H16ClN3O4/c1-3-23-12-7-5-8-18-13(12)16(22)24-10(2)15(21)20-11-6-4-9-19-14(11)17/h4-10H,3H2,1-2H3,(H,20,21)/t10-/m0/s1. The van der Waals surface area contributed by atoms with E-state index in [4.69, 9.17) is 21.1 Å². The molecule has 0 fully saturated rings. The topological polar surface area (TPSA) is 90.4 Å². The number of pyridine rings is 2. The van der Waals surface area contributed by atoms with E-state index in [1.165, 1.54) is 19.3 Å². The minimum absolute atomic E-state index is 0.0124. The van der Waals surface area contributed by atoms with E-state index in [1.807, 2.05) is 0 Å². The minimum Gasteiger partial charge on any atom is -0.491 e. The molecule has 0 bridgehead atoms. The van der Waals surface area contributed by atoms with Gasteiger partial charge in [0.25, 0.3) is 5.91 Å². The van der Waals surface area contributed by atoms with E-state index >= 15 is 0 Å². The Morgan fingerprint density at radius 3 is 2.67 bits per heavy atom. The number of hydrogen-bond acceptors (Lipinski definition) is 6. The second kappa shape index (κ2) is 8.26. The van der Waals surface area contributed by atoms with Crippen molar-refractivity contribution in [2.45, 2.75) is 20.0 Å². The number of nitrogens with one attached hydrogen (secondary N) is 1. The normalized spacial score (nSPS) is 11.5. The minimum atomic E-state index is -1.05. The van der Waals surface area contributed by atoms with Gasteiger partial charge in [-0.15, -0.1) is 0 Å². The lowest BCUT2D eigenvalue weighted by Crippen LogP contribution is -2.30. The lowest BCUT2D eigenvalue weighted by molar-refractivity contribution is -0.123. The molecule has 0 aromatic carbocycles. The highest BCUT2D eigenvalue weighted by molar-refractivity contribution is 6.32. The molecule has 0 aliphatic heterocycles. The molecule has 7 nitrogen and oxygen atoms in total. The fourth-order valence-electron chi connectivity index (χ4n) is 1.80. The van der Waals surface area contributed by atoms with E-state index in [-0.39, 0.29) is 10.8 Å². The maximum atomic E-state index is 12.2. The van der Waals surface area contributed by atoms with Gasteiger partial charge < -0.3 is 14.8 Å². The maximum absolute atomic E-state index is 12.2. The van der Waals surface area contributed by atoms with E-state index < -0.39 is 18.0 Å². The van der Waals surface area contributed by atoms with Crippen molar-refractivity contribution in [2.75, 3.05) is 11.9 Å². The number of hydrogen-bond donors (Lipinski definition) is 1. The molecule has 1 amide bonds. The van der Waals surface area contributed by atoms with Crippen molar-refractivity contribution in [3.63, 3.8) is 0 Å². The molecule has 0 aliphatic rings. The summed E-state index contributed by atoms with van der Waals surface area (Å²) >= 11 is 5.87. The maximum Gasteiger partial charge on any atom is 0.361 e. The SMILES string of the molecule is CCOc1cccnc1C(=O)O[C@@H](C)C(=O)Nc1cccnc1Cl. The fourth-order valence-corrected chi connectivity index (χ4v) is 1.97. The molecule has 2 heterocycles. The summed E-state index contributed by atoms with van der Waals surface area (Å²) in [5, 5.41) is 2.69. The Morgan fingerprint density at radius 2 is 1.96 bits per heavy atom. The highest BCUT2D eigenvalue weighted by Gasteiger charge is 2.23. The number of nitrogens with zero attached hydrogens (tertiary/aromatic N) is 2. The lowest BCUT2D eigenvalue weighted by Gasteiger charge is -2.14. The first kappa shape index (κ1) is 17.7. The van der Waals surface area contributed by atoms with Crippen LogP contribution >= 0.6 is 11.6 Å². The first-order chi connectivity index (χ1) is 11.5. The van der Waals surface area contributed by atoms with Gasteiger partial charge in [-0.25, -0.2) is 14.8 Å². The van der Waals surface area contributed by atoms with E-state index in [0.29, 0.717) is 18.0 Å². The average molecular weight is 350 g/mol. The van der Waals surface area contributed by atoms with Crippen LogP contribution in [0.2, 0.25) is 5.15 Å². The molecule has 0 radical (unpaired) electrons. The van der Waals surface area contributed by atoms with Crippen LogP contribution in [0.5, 0.6) is 5.75 Å². The highest BCUT2D eigenvalue weighted by Crippen LogP contribution is 2.19. The van der Waals surface area contributed by atoms with Crippen LogP contribution < -0.4 is 10.1 Å². The quantitative estimate of drug-likeness (QED) is 0.637. The van der Waals surface area contributed by atoms with Crippen LogP contribution in [0.3, 0.4) is 0 Å². The number of carbonyl (C=O) groups is 2. The monoisotopic (exact) mass is 349 g/mol. The molecule has 0 aliphatic carbocycles. The number of aromatic nitrogens is 2. The Kier molecular flexibility index (Phi) is 6.08. The van der Waals surface area contributed by atoms with Gasteiger partial charge in [0.15, 0.2) is 22.7 Å². The number of carbonyl (C=O) groups excluding carboxylic acids is 2. The smallest absolute Gasteiger partial charge is 0.361 e. The van der Waals surface area contributed by atoms with Crippen molar-refractivity contribution in [1.82, 2.24) is 9.97 Å². The molecule has 1 N–H and O–H groups in total. The molecular formula is C16H16ClN3O4. The zero-order chi connectivity index (χ0) is 17.5. The third-order valence-corrected chi connectivity index (χ3v) is 3.24. The van der Waals surface area contributed by atoms with Crippen LogP contribution in [0.15, 0.2) is 36.7 Å². The van der Waals surface area contributed by atoms with Crippen LogP contribution in [-0.2, 0) is 9.53 Å². The molecule has 24 heavy (non-hydrogen) atoms. The van der Waals surface area contributed by atoms with Gasteiger partial charge in [-0.2, -0.15) is 0 Å². The molecule has 2 aromatic rings. The Labute approximate surface area is 144 Å². The first-order valence-corrected chi connectivity index (χ1v) is 7.61. The molecule has 2 rings (SSSR count). The number of halogens is 1. The molecular weight excluding hydrogens is 334 g/mol. The van der Waals surface area contributed by atoms with Crippen molar-refractivity contribution < 1.29 is 19.1 Å². The van der Waals surface area contributed by atoms with Crippen LogP contribution in [0.4, 0.5) is 5.69 Å².